The van der Waals surface area contributed by atoms with E-state index < -0.39 is 0 Å². The number of unbranched alkanes of at least 4 members (excludes halogenated alkanes) is 7. The maximum Gasteiger partial charge on any atom is 0.119 e. The average molecular weight is 420 g/mol. The average Bonchev–Trinajstić information content (AvgIpc) is 2.53. The summed E-state index contributed by atoms with van der Waals surface area (Å²) in [4.78, 5) is 0. The summed E-state index contributed by atoms with van der Waals surface area (Å²) in [6, 6.07) is 6.37. The Morgan fingerprint density at radius 1 is 0.810 bits per heavy atom. The maximum atomic E-state index is 5.86. The molecule has 1 nitrogen and oxygen atoms in total. The zero-order valence-corrected chi connectivity index (χ0v) is 16.3. The van der Waals surface area contributed by atoms with Gasteiger partial charge in [0, 0.05) is 10.7 Å². The van der Waals surface area contributed by atoms with Gasteiger partial charge in [0.15, 0.2) is 0 Å². The largest absolute Gasteiger partial charge is 0.494 e. The molecule has 1 aromatic rings. The third-order valence-electron chi connectivity index (χ3n) is 3.73. The fourth-order valence-electron chi connectivity index (χ4n) is 2.37. The summed E-state index contributed by atoms with van der Waals surface area (Å²) in [5.74, 6) is 0.997. The molecule has 21 heavy (non-hydrogen) atoms. The molecule has 1 aromatic carbocycles. The minimum Gasteiger partial charge on any atom is -0.494 e. The Hall–Kier alpha value is -0.0200. The Kier molecular flexibility index (Phi) is 11.3. The Labute approximate surface area is 147 Å². The van der Waals surface area contributed by atoms with Crippen molar-refractivity contribution in [2.24, 2.45) is 0 Å². The molecular formula is C18H28Br2O. The normalized spacial score (nSPS) is 10.8. The highest BCUT2D eigenvalue weighted by Gasteiger charge is 2.02. The van der Waals surface area contributed by atoms with Crippen molar-refractivity contribution in [3.63, 3.8) is 0 Å². The summed E-state index contributed by atoms with van der Waals surface area (Å²) in [6.07, 6.45) is 10.7. The molecule has 0 amide bonds. The maximum absolute atomic E-state index is 5.86. The van der Waals surface area contributed by atoms with Crippen molar-refractivity contribution in [1.82, 2.24) is 0 Å². The van der Waals surface area contributed by atoms with Gasteiger partial charge in [-0.3, -0.25) is 0 Å². The van der Waals surface area contributed by atoms with Gasteiger partial charge < -0.3 is 4.74 Å². The first-order chi connectivity index (χ1) is 10.3. The molecule has 0 saturated heterocycles. The predicted molar refractivity (Wildman–Crippen MR) is 99.8 cm³/mol. The fraction of sp³-hybridized carbons (Fsp3) is 0.667. The van der Waals surface area contributed by atoms with Crippen LogP contribution in [0.15, 0.2) is 18.2 Å². The van der Waals surface area contributed by atoms with Crippen LogP contribution in [0, 0.1) is 0 Å². The summed E-state index contributed by atoms with van der Waals surface area (Å²) in [5, 5.41) is 1.77. The van der Waals surface area contributed by atoms with Crippen molar-refractivity contribution in [3.05, 3.63) is 29.3 Å². The van der Waals surface area contributed by atoms with E-state index in [1.165, 1.54) is 56.1 Å². The van der Waals surface area contributed by atoms with E-state index in [9.17, 15) is 0 Å². The molecule has 0 atom stereocenters. The lowest BCUT2D eigenvalue weighted by Crippen LogP contribution is -1.99. The number of alkyl halides is 2. The third kappa shape index (κ3) is 8.25. The topological polar surface area (TPSA) is 9.23 Å². The van der Waals surface area contributed by atoms with Crippen LogP contribution in [-0.2, 0) is 10.7 Å². The van der Waals surface area contributed by atoms with Crippen molar-refractivity contribution in [2.45, 2.75) is 69.0 Å². The summed E-state index contributed by atoms with van der Waals surface area (Å²) >= 11 is 7.05. The zero-order chi connectivity index (χ0) is 15.3. The van der Waals surface area contributed by atoms with Crippen molar-refractivity contribution >= 4 is 31.9 Å². The van der Waals surface area contributed by atoms with E-state index in [1.54, 1.807) is 0 Å². The number of ether oxygens (including phenoxy) is 1. The lowest BCUT2D eigenvalue weighted by Gasteiger charge is -2.10. The Balaban J connectivity index is 2.12. The first-order valence-electron chi connectivity index (χ1n) is 8.18. The monoisotopic (exact) mass is 418 g/mol. The lowest BCUT2D eigenvalue weighted by atomic mass is 10.1. The number of rotatable bonds is 12. The molecule has 0 aromatic heterocycles. The quantitative estimate of drug-likeness (QED) is 0.262. The molecule has 3 heteroatoms. The molecule has 0 bridgehead atoms. The number of hydrogen-bond acceptors (Lipinski definition) is 1. The minimum atomic E-state index is 0.838. The van der Waals surface area contributed by atoms with Gasteiger partial charge in [0.2, 0.25) is 0 Å². The first-order valence-corrected chi connectivity index (χ1v) is 10.4. The smallest absolute Gasteiger partial charge is 0.119 e. The summed E-state index contributed by atoms with van der Waals surface area (Å²) in [5.41, 5.74) is 2.63. The second-order valence-electron chi connectivity index (χ2n) is 5.52. The first kappa shape index (κ1) is 19.0. The molecule has 0 saturated carbocycles. The van der Waals surface area contributed by atoms with Gasteiger partial charge in [0.25, 0.3) is 0 Å². The van der Waals surface area contributed by atoms with E-state index >= 15 is 0 Å². The van der Waals surface area contributed by atoms with Gasteiger partial charge in [-0.15, -0.1) is 0 Å². The van der Waals surface area contributed by atoms with Crippen LogP contribution in [-0.4, -0.2) is 6.61 Å². The standard InChI is InChI=1S/C18H28Br2O/c1-2-3-4-5-6-7-8-9-12-21-18-11-10-16(14-19)17(13-18)15-20/h10-11,13H,2-9,12,14-15H2,1H3. The van der Waals surface area contributed by atoms with Crippen LogP contribution in [0.4, 0.5) is 0 Å². The van der Waals surface area contributed by atoms with Gasteiger partial charge in [0.1, 0.15) is 5.75 Å². The molecule has 0 fully saturated rings. The molecule has 0 aliphatic carbocycles. The van der Waals surface area contributed by atoms with Gasteiger partial charge in [0.05, 0.1) is 6.61 Å². The zero-order valence-electron chi connectivity index (χ0n) is 13.2. The van der Waals surface area contributed by atoms with E-state index in [0.29, 0.717) is 0 Å². The molecule has 1 rings (SSSR count). The third-order valence-corrected chi connectivity index (χ3v) is 4.94. The van der Waals surface area contributed by atoms with Crippen molar-refractivity contribution in [1.29, 1.82) is 0 Å². The van der Waals surface area contributed by atoms with Crippen LogP contribution >= 0.6 is 31.9 Å². The second kappa shape index (κ2) is 12.5. The molecule has 0 heterocycles. The van der Waals surface area contributed by atoms with Crippen LogP contribution in [0.25, 0.3) is 0 Å². The lowest BCUT2D eigenvalue weighted by molar-refractivity contribution is 0.304. The summed E-state index contributed by atoms with van der Waals surface area (Å²) in [7, 11) is 0. The van der Waals surface area contributed by atoms with Crippen LogP contribution < -0.4 is 4.74 Å². The van der Waals surface area contributed by atoms with Gasteiger partial charge in [-0.2, -0.15) is 0 Å². The molecule has 0 N–H and O–H groups in total. The fourth-order valence-corrected chi connectivity index (χ4v) is 3.44. The molecule has 0 radical (unpaired) electrons. The van der Waals surface area contributed by atoms with Crippen LogP contribution in [0.5, 0.6) is 5.75 Å². The highest BCUT2D eigenvalue weighted by atomic mass is 79.9. The Morgan fingerprint density at radius 3 is 2.05 bits per heavy atom. The molecular weight excluding hydrogens is 392 g/mol. The van der Waals surface area contributed by atoms with E-state index in [1.807, 2.05) is 0 Å². The number of hydrogen-bond donors (Lipinski definition) is 0. The Morgan fingerprint density at radius 2 is 1.43 bits per heavy atom. The van der Waals surface area contributed by atoms with Gasteiger partial charge in [-0.1, -0.05) is 89.8 Å². The van der Waals surface area contributed by atoms with Crippen LogP contribution in [0.2, 0.25) is 0 Å². The minimum absolute atomic E-state index is 0.838. The second-order valence-corrected chi connectivity index (χ2v) is 6.64. The summed E-state index contributed by atoms with van der Waals surface area (Å²) < 4.78 is 5.86. The highest BCUT2D eigenvalue weighted by Crippen LogP contribution is 2.22. The Bertz CT molecular complexity index is 379. The van der Waals surface area contributed by atoms with E-state index in [-0.39, 0.29) is 0 Å². The molecule has 0 spiro atoms. The van der Waals surface area contributed by atoms with Crippen molar-refractivity contribution < 1.29 is 4.74 Å². The van der Waals surface area contributed by atoms with E-state index in [2.05, 4.69) is 57.0 Å². The van der Waals surface area contributed by atoms with Crippen LogP contribution in [0.1, 0.15) is 69.4 Å². The SMILES string of the molecule is CCCCCCCCCCOc1ccc(CBr)c(CBr)c1. The van der Waals surface area contributed by atoms with Crippen LogP contribution in [0.3, 0.4) is 0 Å². The van der Waals surface area contributed by atoms with Crippen molar-refractivity contribution in [2.75, 3.05) is 6.61 Å². The van der Waals surface area contributed by atoms with Gasteiger partial charge >= 0.3 is 0 Å². The molecule has 0 aliphatic heterocycles. The van der Waals surface area contributed by atoms with Gasteiger partial charge in [-0.05, 0) is 29.7 Å². The van der Waals surface area contributed by atoms with E-state index in [0.717, 1.165) is 29.4 Å². The molecule has 0 unspecified atom stereocenters. The molecule has 0 aliphatic rings. The number of halogens is 2. The number of benzene rings is 1. The molecule has 120 valence electrons. The van der Waals surface area contributed by atoms with Crippen molar-refractivity contribution in [3.8, 4) is 5.75 Å². The predicted octanol–water partition coefficient (Wildman–Crippen LogP) is 7.00. The van der Waals surface area contributed by atoms with Gasteiger partial charge in [-0.25, -0.2) is 0 Å². The summed E-state index contributed by atoms with van der Waals surface area (Å²) in [6.45, 7) is 3.10. The van der Waals surface area contributed by atoms with E-state index in [4.69, 9.17) is 4.74 Å². The highest BCUT2D eigenvalue weighted by molar-refractivity contribution is 9.09.